The lowest BCUT2D eigenvalue weighted by Crippen LogP contribution is -2.05. The molecular formula is C32H24Br2O2S. The summed E-state index contributed by atoms with van der Waals surface area (Å²) >= 11 is 6.89. The minimum Gasteiger partial charge on any atom is -0.219 e. The second kappa shape index (κ2) is 12.8. The molecule has 0 saturated heterocycles. The standard InChI is InChI=1S/C32H24Br2O2S/c33-29-17-11-27(12-18-29)23-31(21-15-25-7-3-1-4-8-25)37(35,36)32(22-16-26-9-5-2-6-10-26)24-28-13-19-30(34)20-14-28/h1-24H/b21-15+,22-16+,31-23-,32-24-. The van der Waals surface area contributed by atoms with Crippen molar-refractivity contribution in [2.75, 3.05) is 0 Å². The third kappa shape index (κ3) is 7.86. The van der Waals surface area contributed by atoms with Crippen LogP contribution in [0.25, 0.3) is 24.3 Å². The van der Waals surface area contributed by atoms with E-state index in [1.165, 1.54) is 0 Å². The van der Waals surface area contributed by atoms with Gasteiger partial charge in [-0.1, -0.05) is 129 Å². The van der Waals surface area contributed by atoms with Gasteiger partial charge >= 0.3 is 0 Å². The molecule has 0 aliphatic rings. The van der Waals surface area contributed by atoms with Gasteiger partial charge in [0.15, 0.2) is 0 Å². The highest BCUT2D eigenvalue weighted by molar-refractivity contribution is 9.10. The fourth-order valence-corrected chi connectivity index (χ4v) is 5.38. The third-order valence-corrected chi connectivity index (χ3v) is 8.26. The molecule has 5 heteroatoms. The molecule has 0 heterocycles. The summed E-state index contributed by atoms with van der Waals surface area (Å²) in [5.74, 6) is 0. The van der Waals surface area contributed by atoms with E-state index in [1.54, 1.807) is 24.3 Å². The van der Waals surface area contributed by atoms with Crippen molar-refractivity contribution in [2.24, 2.45) is 0 Å². The van der Waals surface area contributed by atoms with Gasteiger partial charge < -0.3 is 0 Å². The summed E-state index contributed by atoms with van der Waals surface area (Å²) in [6.45, 7) is 0. The minimum atomic E-state index is -3.89. The maximum Gasteiger partial charge on any atom is 0.206 e. The molecule has 0 spiro atoms. The summed E-state index contributed by atoms with van der Waals surface area (Å²) in [5.41, 5.74) is 3.40. The average molecular weight is 632 g/mol. The zero-order chi connectivity index (χ0) is 26.1. The molecular weight excluding hydrogens is 608 g/mol. The smallest absolute Gasteiger partial charge is 0.206 e. The number of hydrogen-bond acceptors (Lipinski definition) is 2. The predicted molar refractivity (Wildman–Crippen MR) is 164 cm³/mol. The van der Waals surface area contributed by atoms with Crippen LogP contribution in [-0.2, 0) is 9.84 Å². The second-order valence-electron chi connectivity index (χ2n) is 8.19. The average Bonchev–Trinajstić information content (AvgIpc) is 2.92. The quantitative estimate of drug-likeness (QED) is 0.182. The topological polar surface area (TPSA) is 34.1 Å². The molecule has 0 bridgehead atoms. The van der Waals surface area contributed by atoms with E-state index in [1.807, 2.05) is 121 Å². The van der Waals surface area contributed by atoms with Gasteiger partial charge in [0, 0.05) is 8.95 Å². The molecule has 4 aromatic carbocycles. The van der Waals surface area contributed by atoms with Gasteiger partial charge in [0.05, 0.1) is 9.81 Å². The summed E-state index contributed by atoms with van der Waals surface area (Å²) in [4.78, 5) is 0.388. The van der Waals surface area contributed by atoms with Gasteiger partial charge in [0.1, 0.15) is 0 Å². The van der Waals surface area contributed by atoms with E-state index in [9.17, 15) is 8.42 Å². The third-order valence-electron chi connectivity index (χ3n) is 5.46. The van der Waals surface area contributed by atoms with Crippen LogP contribution in [0.15, 0.2) is 140 Å². The van der Waals surface area contributed by atoms with Gasteiger partial charge in [-0.3, -0.25) is 0 Å². The fourth-order valence-electron chi connectivity index (χ4n) is 3.50. The van der Waals surface area contributed by atoms with Gasteiger partial charge in [-0.15, -0.1) is 0 Å². The zero-order valence-electron chi connectivity index (χ0n) is 19.8. The first-order valence-electron chi connectivity index (χ1n) is 11.6. The number of rotatable bonds is 8. The van der Waals surface area contributed by atoms with Crippen LogP contribution in [0.2, 0.25) is 0 Å². The Morgan fingerprint density at radius 2 is 0.838 bits per heavy atom. The van der Waals surface area contributed by atoms with Crippen LogP contribution in [0.1, 0.15) is 22.3 Å². The highest BCUT2D eigenvalue weighted by Crippen LogP contribution is 2.27. The molecule has 37 heavy (non-hydrogen) atoms. The van der Waals surface area contributed by atoms with Gasteiger partial charge in [0.2, 0.25) is 9.84 Å². The van der Waals surface area contributed by atoms with Crippen molar-refractivity contribution in [1.82, 2.24) is 0 Å². The molecule has 4 rings (SSSR count). The van der Waals surface area contributed by atoms with Crippen molar-refractivity contribution in [1.29, 1.82) is 0 Å². The summed E-state index contributed by atoms with van der Waals surface area (Å²) < 4.78 is 30.2. The van der Waals surface area contributed by atoms with Gasteiger partial charge in [-0.25, -0.2) is 8.42 Å². The summed E-state index contributed by atoms with van der Waals surface area (Å²) in [7, 11) is -3.89. The minimum absolute atomic E-state index is 0.194. The first kappa shape index (κ1) is 26.8. The Bertz CT molecular complexity index is 1430. The Labute approximate surface area is 235 Å². The molecule has 0 N–H and O–H groups in total. The van der Waals surface area contributed by atoms with Gasteiger partial charge in [-0.05, 0) is 70.8 Å². The summed E-state index contributed by atoms with van der Waals surface area (Å²) in [6.07, 6.45) is 10.4. The van der Waals surface area contributed by atoms with E-state index in [-0.39, 0.29) is 9.81 Å². The van der Waals surface area contributed by atoms with E-state index < -0.39 is 9.84 Å². The van der Waals surface area contributed by atoms with Crippen molar-refractivity contribution in [2.45, 2.75) is 0 Å². The van der Waals surface area contributed by atoms with Crippen molar-refractivity contribution in [3.63, 3.8) is 0 Å². The van der Waals surface area contributed by atoms with E-state index in [2.05, 4.69) is 31.9 Å². The van der Waals surface area contributed by atoms with Crippen LogP contribution in [0.3, 0.4) is 0 Å². The SMILES string of the molecule is O=S(=O)(C(=C\c1ccc(Br)cc1)/C=C/c1ccccc1)C(=C\c1ccc(Br)cc1)/C=C/c1ccccc1. The Balaban J connectivity index is 1.84. The van der Waals surface area contributed by atoms with Crippen molar-refractivity contribution >= 4 is 66.0 Å². The highest BCUT2D eigenvalue weighted by atomic mass is 79.9. The largest absolute Gasteiger partial charge is 0.219 e. The van der Waals surface area contributed by atoms with Crippen LogP contribution in [0, 0.1) is 0 Å². The Morgan fingerprint density at radius 1 is 0.486 bits per heavy atom. The molecule has 0 aliphatic heterocycles. The van der Waals surface area contributed by atoms with E-state index in [4.69, 9.17) is 0 Å². The Kier molecular flexibility index (Phi) is 9.29. The molecule has 0 aliphatic carbocycles. The first-order chi connectivity index (χ1) is 17.9. The number of hydrogen-bond donors (Lipinski definition) is 0. The van der Waals surface area contributed by atoms with E-state index >= 15 is 0 Å². The Hall–Kier alpha value is -3.25. The monoisotopic (exact) mass is 630 g/mol. The molecule has 0 unspecified atom stereocenters. The van der Waals surface area contributed by atoms with E-state index in [0.717, 1.165) is 31.2 Å². The maximum absolute atomic E-state index is 14.2. The van der Waals surface area contributed by atoms with Crippen LogP contribution >= 0.6 is 31.9 Å². The van der Waals surface area contributed by atoms with Crippen LogP contribution in [0.4, 0.5) is 0 Å². The fraction of sp³-hybridized carbons (Fsp3) is 0. The summed E-state index contributed by atoms with van der Waals surface area (Å²) in [5, 5.41) is 0. The zero-order valence-corrected chi connectivity index (χ0v) is 23.8. The van der Waals surface area contributed by atoms with Crippen LogP contribution in [0.5, 0.6) is 0 Å². The van der Waals surface area contributed by atoms with Crippen LogP contribution in [-0.4, -0.2) is 8.42 Å². The molecule has 184 valence electrons. The molecule has 0 amide bonds. The lowest BCUT2D eigenvalue weighted by molar-refractivity contribution is 0.610. The molecule has 0 atom stereocenters. The van der Waals surface area contributed by atoms with Crippen molar-refractivity contribution < 1.29 is 8.42 Å². The number of allylic oxidation sites excluding steroid dienone is 2. The molecule has 0 fully saturated rings. The number of sulfone groups is 1. The molecule has 4 aromatic rings. The predicted octanol–water partition coefficient (Wildman–Crippen LogP) is 9.44. The Morgan fingerprint density at radius 3 is 1.19 bits per heavy atom. The highest BCUT2D eigenvalue weighted by Gasteiger charge is 2.20. The first-order valence-corrected chi connectivity index (χ1v) is 14.6. The molecule has 0 aromatic heterocycles. The number of halogens is 2. The van der Waals surface area contributed by atoms with Gasteiger partial charge in [-0.2, -0.15) is 0 Å². The second-order valence-corrected chi connectivity index (χ2v) is 12.0. The molecule has 2 nitrogen and oxygen atoms in total. The van der Waals surface area contributed by atoms with Gasteiger partial charge in [0.25, 0.3) is 0 Å². The number of benzene rings is 4. The van der Waals surface area contributed by atoms with Crippen molar-refractivity contribution in [3.8, 4) is 0 Å². The summed E-state index contributed by atoms with van der Waals surface area (Å²) in [6, 6.07) is 34.4. The van der Waals surface area contributed by atoms with Crippen molar-refractivity contribution in [3.05, 3.63) is 162 Å². The normalized spacial score (nSPS) is 12.9. The molecule has 0 saturated carbocycles. The van der Waals surface area contributed by atoms with E-state index in [0.29, 0.717) is 0 Å². The lowest BCUT2D eigenvalue weighted by atomic mass is 10.2. The maximum atomic E-state index is 14.2. The van der Waals surface area contributed by atoms with Crippen LogP contribution < -0.4 is 0 Å². The molecule has 0 radical (unpaired) electrons. The lowest BCUT2D eigenvalue weighted by Gasteiger charge is -2.09.